The maximum absolute atomic E-state index is 11.5. The summed E-state index contributed by atoms with van der Waals surface area (Å²) in [5.41, 5.74) is 5.73. The molecule has 0 unspecified atom stereocenters. The van der Waals surface area contributed by atoms with Gasteiger partial charge in [0.1, 0.15) is 10.6 Å². The van der Waals surface area contributed by atoms with E-state index in [9.17, 15) is 4.79 Å². The largest absolute Gasteiger partial charge is 0.470 e. The number of nitrogens with zero attached hydrogens (tertiary/aromatic N) is 3. The first kappa shape index (κ1) is 15.4. The van der Waals surface area contributed by atoms with E-state index in [1.54, 1.807) is 12.1 Å². The minimum absolute atomic E-state index is 0.235. The number of nitrogens with one attached hydrogen (secondary N) is 1. The number of hydrogen-bond acceptors (Lipinski definition) is 6. The fourth-order valence-corrected chi connectivity index (χ4v) is 2.48. The Morgan fingerprint density at radius 2 is 2.14 bits per heavy atom. The number of hydrogen-bond donors (Lipinski definition) is 2. The minimum Gasteiger partial charge on any atom is -0.470 e. The Labute approximate surface area is 126 Å². The SMILES string of the molecule is CCn1c(Sc2ccc(N)c(OC(C)(C)C)n2)n[nH]c1=O. The summed E-state index contributed by atoms with van der Waals surface area (Å²) < 4.78 is 7.26. The molecule has 0 aliphatic carbocycles. The maximum Gasteiger partial charge on any atom is 0.343 e. The first-order valence-electron chi connectivity index (χ1n) is 6.58. The summed E-state index contributed by atoms with van der Waals surface area (Å²) in [6.07, 6.45) is 0. The van der Waals surface area contributed by atoms with Crippen molar-refractivity contribution in [1.29, 1.82) is 0 Å². The van der Waals surface area contributed by atoms with Gasteiger partial charge in [0.2, 0.25) is 5.88 Å². The summed E-state index contributed by atoms with van der Waals surface area (Å²) in [5, 5.41) is 7.63. The van der Waals surface area contributed by atoms with Crippen LogP contribution in [0.1, 0.15) is 27.7 Å². The zero-order chi connectivity index (χ0) is 15.6. The third kappa shape index (κ3) is 3.78. The fraction of sp³-hybridized carbons (Fsp3) is 0.462. The molecule has 0 spiro atoms. The predicted molar refractivity (Wildman–Crippen MR) is 81.7 cm³/mol. The van der Waals surface area contributed by atoms with Crippen molar-refractivity contribution < 1.29 is 4.74 Å². The summed E-state index contributed by atoms with van der Waals surface area (Å²) in [4.78, 5) is 15.9. The van der Waals surface area contributed by atoms with Crippen molar-refractivity contribution in [3.63, 3.8) is 0 Å². The predicted octanol–water partition coefficient (Wildman–Crippen LogP) is 1.90. The molecule has 21 heavy (non-hydrogen) atoms. The van der Waals surface area contributed by atoms with Crippen molar-refractivity contribution in [3.05, 3.63) is 22.6 Å². The van der Waals surface area contributed by atoms with Gasteiger partial charge in [-0.3, -0.25) is 4.57 Å². The first-order chi connectivity index (χ1) is 9.80. The smallest absolute Gasteiger partial charge is 0.343 e. The molecule has 3 N–H and O–H groups in total. The third-order valence-corrected chi connectivity index (χ3v) is 3.43. The van der Waals surface area contributed by atoms with Gasteiger partial charge in [0.15, 0.2) is 5.16 Å². The highest BCUT2D eigenvalue weighted by Crippen LogP contribution is 2.29. The summed E-state index contributed by atoms with van der Waals surface area (Å²) in [7, 11) is 0. The number of aromatic amines is 1. The Morgan fingerprint density at radius 1 is 1.43 bits per heavy atom. The molecule has 114 valence electrons. The number of pyridine rings is 1. The van der Waals surface area contributed by atoms with E-state index in [1.807, 2.05) is 27.7 Å². The van der Waals surface area contributed by atoms with Crippen LogP contribution in [-0.4, -0.2) is 25.3 Å². The molecule has 0 aliphatic rings. The quantitative estimate of drug-likeness (QED) is 0.895. The molecule has 0 aromatic carbocycles. The van der Waals surface area contributed by atoms with Gasteiger partial charge in [0.05, 0.1) is 5.69 Å². The van der Waals surface area contributed by atoms with Gasteiger partial charge in [-0.15, -0.1) is 5.10 Å². The van der Waals surface area contributed by atoms with Gasteiger partial charge in [-0.25, -0.2) is 14.9 Å². The number of H-pyrrole nitrogens is 1. The van der Waals surface area contributed by atoms with Crippen LogP contribution in [0.25, 0.3) is 0 Å². The number of aromatic nitrogens is 4. The molecule has 0 radical (unpaired) electrons. The summed E-state index contributed by atoms with van der Waals surface area (Å²) in [6, 6.07) is 3.51. The topological polar surface area (TPSA) is 98.8 Å². The second kappa shape index (κ2) is 5.80. The molecular formula is C13H19N5O2S. The average molecular weight is 309 g/mol. The number of anilines is 1. The molecule has 7 nitrogen and oxygen atoms in total. The molecule has 0 aliphatic heterocycles. The van der Waals surface area contributed by atoms with Crippen LogP contribution in [0.3, 0.4) is 0 Å². The van der Waals surface area contributed by atoms with E-state index in [4.69, 9.17) is 10.5 Å². The van der Waals surface area contributed by atoms with Crippen LogP contribution < -0.4 is 16.2 Å². The molecule has 0 amide bonds. The van der Waals surface area contributed by atoms with Crippen molar-refractivity contribution in [2.75, 3.05) is 5.73 Å². The molecule has 0 fully saturated rings. The number of nitrogen functional groups attached to an aromatic ring is 1. The van der Waals surface area contributed by atoms with E-state index in [0.29, 0.717) is 28.3 Å². The average Bonchev–Trinajstić information content (AvgIpc) is 2.72. The lowest BCUT2D eigenvalue weighted by molar-refractivity contribution is 0.124. The van der Waals surface area contributed by atoms with E-state index < -0.39 is 0 Å². The standard InChI is InChI=1S/C13H19N5O2S/c1-5-18-11(19)16-17-12(18)21-9-7-6-8(14)10(15-9)20-13(2,3)4/h6-7H,5,14H2,1-4H3,(H,16,19). The summed E-state index contributed by atoms with van der Waals surface area (Å²) in [5.74, 6) is 0.383. The summed E-state index contributed by atoms with van der Waals surface area (Å²) >= 11 is 1.28. The Bertz CT molecular complexity index is 687. The Hall–Kier alpha value is -1.96. The Morgan fingerprint density at radius 3 is 2.76 bits per heavy atom. The van der Waals surface area contributed by atoms with Crippen molar-refractivity contribution in [2.45, 2.75) is 50.0 Å². The lowest BCUT2D eigenvalue weighted by atomic mass is 10.2. The summed E-state index contributed by atoms with van der Waals surface area (Å²) in [6.45, 7) is 8.20. The highest BCUT2D eigenvalue weighted by atomic mass is 32.2. The monoisotopic (exact) mass is 309 g/mol. The van der Waals surface area contributed by atoms with Crippen LogP contribution in [0.2, 0.25) is 0 Å². The van der Waals surface area contributed by atoms with E-state index >= 15 is 0 Å². The lowest BCUT2D eigenvalue weighted by Crippen LogP contribution is -2.24. The van der Waals surface area contributed by atoms with Gasteiger partial charge in [-0.1, -0.05) is 0 Å². The zero-order valence-corrected chi connectivity index (χ0v) is 13.3. The molecule has 8 heteroatoms. The van der Waals surface area contributed by atoms with Crippen molar-refractivity contribution in [1.82, 2.24) is 19.7 Å². The van der Waals surface area contributed by atoms with Crippen LogP contribution in [0, 0.1) is 0 Å². The maximum atomic E-state index is 11.5. The molecular weight excluding hydrogens is 290 g/mol. The molecule has 2 rings (SSSR count). The van der Waals surface area contributed by atoms with Crippen LogP contribution in [0.4, 0.5) is 5.69 Å². The molecule has 0 saturated heterocycles. The second-order valence-corrected chi connectivity index (χ2v) is 6.40. The Kier molecular flexibility index (Phi) is 4.26. The molecule has 2 aromatic heterocycles. The van der Waals surface area contributed by atoms with E-state index in [1.165, 1.54) is 16.3 Å². The molecule has 2 aromatic rings. The van der Waals surface area contributed by atoms with Gasteiger partial charge in [0, 0.05) is 6.54 Å². The van der Waals surface area contributed by atoms with E-state index in [2.05, 4.69) is 15.2 Å². The first-order valence-corrected chi connectivity index (χ1v) is 7.40. The molecule has 0 saturated carbocycles. The number of rotatable bonds is 4. The van der Waals surface area contributed by atoms with Crippen molar-refractivity contribution in [2.24, 2.45) is 0 Å². The number of ether oxygens (including phenoxy) is 1. The van der Waals surface area contributed by atoms with Crippen molar-refractivity contribution >= 4 is 17.4 Å². The van der Waals surface area contributed by atoms with Crippen LogP contribution >= 0.6 is 11.8 Å². The fourth-order valence-electron chi connectivity index (χ4n) is 1.62. The third-order valence-electron chi connectivity index (χ3n) is 2.50. The van der Waals surface area contributed by atoms with Gasteiger partial charge < -0.3 is 10.5 Å². The minimum atomic E-state index is -0.387. The van der Waals surface area contributed by atoms with E-state index in [-0.39, 0.29) is 11.3 Å². The second-order valence-electron chi connectivity index (χ2n) is 5.42. The van der Waals surface area contributed by atoms with Crippen molar-refractivity contribution in [3.8, 4) is 5.88 Å². The zero-order valence-electron chi connectivity index (χ0n) is 12.5. The highest BCUT2D eigenvalue weighted by Gasteiger charge is 2.17. The van der Waals surface area contributed by atoms with Gasteiger partial charge in [-0.2, -0.15) is 0 Å². The number of nitrogens with two attached hydrogens (primary N) is 1. The lowest BCUT2D eigenvalue weighted by Gasteiger charge is -2.21. The van der Waals surface area contributed by atoms with Crippen LogP contribution in [0.5, 0.6) is 5.88 Å². The van der Waals surface area contributed by atoms with Gasteiger partial charge >= 0.3 is 5.69 Å². The van der Waals surface area contributed by atoms with Crippen LogP contribution in [-0.2, 0) is 6.54 Å². The normalized spacial score (nSPS) is 11.6. The molecule has 0 bridgehead atoms. The van der Waals surface area contributed by atoms with Gasteiger partial charge in [0.25, 0.3) is 0 Å². The molecule has 0 atom stereocenters. The molecule has 2 heterocycles. The highest BCUT2D eigenvalue weighted by molar-refractivity contribution is 7.99. The van der Waals surface area contributed by atoms with Gasteiger partial charge in [-0.05, 0) is 51.6 Å². The van der Waals surface area contributed by atoms with Crippen LogP contribution in [0.15, 0.2) is 27.1 Å². The van der Waals surface area contributed by atoms with E-state index in [0.717, 1.165) is 0 Å². The Balaban J connectivity index is 2.29.